The highest BCUT2D eigenvalue weighted by atomic mass is 32.1. The summed E-state index contributed by atoms with van der Waals surface area (Å²) in [5.41, 5.74) is 1.40. The summed E-state index contributed by atoms with van der Waals surface area (Å²) in [4.78, 5) is 18.0. The van der Waals surface area contributed by atoms with E-state index in [1.54, 1.807) is 33.5 Å². The lowest BCUT2D eigenvalue weighted by atomic mass is 10.2. The van der Waals surface area contributed by atoms with Crippen LogP contribution in [0.25, 0.3) is 10.2 Å². The lowest BCUT2D eigenvalue weighted by Crippen LogP contribution is -2.19. The second kappa shape index (κ2) is 11.7. The van der Waals surface area contributed by atoms with Crippen molar-refractivity contribution in [3.05, 3.63) is 46.8 Å². The number of carbonyl (C=O) groups excluding carboxylic acids is 1. The second-order valence-corrected chi connectivity index (χ2v) is 8.21. The van der Waals surface area contributed by atoms with Gasteiger partial charge < -0.3 is 23.5 Å². The lowest BCUT2D eigenvalue weighted by Gasteiger charge is -2.09. The summed E-state index contributed by atoms with van der Waals surface area (Å²) in [6.07, 6.45) is 3.25. The van der Waals surface area contributed by atoms with Crippen molar-refractivity contribution in [2.45, 2.75) is 32.7 Å². The van der Waals surface area contributed by atoms with Crippen LogP contribution in [-0.2, 0) is 11.3 Å². The molecule has 0 aliphatic rings. The second-order valence-electron chi connectivity index (χ2n) is 7.20. The highest BCUT2D eigenvalue weighted by molar-refractivity contribution is 7.16. The number of amides is 1. The number of rotatable bonds is 11. The maximum atomic E-state index is 13.0. The zero-order chi connectivity index (χ0) is 22.9. The zero-order valence-electron chi connectivity index (χ0n) is 19.1. The first-order chi connectivity index (χ1) is 15.6. The normalized spacial score (nSPS) is 11.7. The number of carbonyl (C=O) groups is 1. The van der Waals surface area contributed by atoms with Crippen molar-refractivity contribution in [2.75, 3.05) is 34.5 Å². The summed E-state index contributed by atoms with van der Waals surface area (Å²) in [5, 5.41) is 0. The molecule has 0 saturated carbocycles. The minimum Gasteiger partial charge on any atom is -0.494 e. The van der Waals surface area contributed by atoms with E-state index in [0.29, 0.717) is 47.4 Å². The fraction of sp³-hybridized carbons (Fsp3) is 0.417. The van der Waals surface area contributed by atoms with Gasteiger partial charge in [0, 0.05) is 31.4 Å². The third-order valence-electron chi connectivity index (χ3n) is 5.00. The minimum absolute atomic E-state index is 0.319. The van der Waals surface area contributed by atoms with Gasteiger partial charge >= 0.3 is 0 Å². The van der Waals surface area contributed by atoms with Crippen LogP contribution in [0.3, 0.4) is 0 Å². The molecule has 8 heteroatoms. The van der Waals surface area contributed by atoms with Crippen LogP contribution in [0.15, 0.2) is 41.4 Å². The number of hydrogen-bond donors (Lipinski definition) is 0. The number of fused-ring (bicyclic) bond motifs is 1. The number of benzene rings is 2. The average molecular weight is 459 g/mol. The quantitative estimate of drug-likeness (QED) is 0.390. The van der Waals surface area contributed by atoms with Crippen molar-refractivity contribution in [1.82, 2.24) is 4.57 Å². The Morgan fingerprint density at radius 2 is 1.81 bits per heavy atom. The molecule has 0 N–H and O–H groups in total. The van der Waals surface area contributed by atoms with Gasteiger partial charge in [-0.1, -0.05) is 37.2 Å². The Bertz CT molecular complexity index is 1120. The Kier molecular flexibility index (Phi) is 8.70. The SMILES string of the molecule is CCCCCOc1cccc(C(=O)N=c2sc3cc(OC)c(OC)cc3n2CCOC)c1. The van der Waals surface area contributed by atoms with E-state index in [2.05, 4.69) is 11.9 Å². The molecular weight excluding hydrogens is 428 g/mol. The summed E-state index contributed by atoms with van der Waals surface area (Å²) in [6.45, 7) is 3.83. The number of unbranched alkanes of at least 4 members (excludes halogenated alkanes) is 2. The molecule has 0 aliphatic carbocycles. The minimum atomic E-state index is -0.319. The predicted octanol–water partition coefficient (Wildman–Crippen LogP) is 4.68. The smallest absolute Gasteiger partial charge is 0.279 e. The summed E-state index contributed by atoms with van der Waals surface area (Å²) in [5.74, 6) is 1.61. The molecule has 7 nitrogen and oxygen atoms in total. The molecular formula is C24H30N2O5S. The standard InChI is InChI=1S/C24H30N2O5S/c1-5-6-7-12-31-18-10-8-9-17(14-18)23(27)25-24-26(11-13-28-2)19-15-20(29-3)21(30-4)16-22(19)32-24/h8-10,14-16H,5-7,11-13H2,1-4H3. The summed E-state index contributed by atoms with van der Waals surface area (Å²) in [6, 6.07) is 11.0. The predicted molar refractivity (Wildman–Crippen MR) is 126 cm³/mol. The van der Waals surface area contributed by atoms with E-state index in [1.165, 1.54) is 11.3 Å². The largest absolute Gasteiger partial charge is 0.494 e. The number of hydrogen-bond acceptors (Lipinski definition) is 6. The van der Waals surface area contributed by atoms with Crippen LogP contribution in [-0.4, -0.2) is 45.0 Å². The summed E-state index contributed by atoms with van der Waals surface area (Å²) < 4.78 is 24.8. The van der Waals surface area contributed by atoms with Gasteiger partial charge in [0.25, 0.3) is 5.91 Å². The fourth-order valence-electron chi connectivity index (χ4n) is 3.29. The Labute approximate surface area is 192 Å². The molecule has 1 heterocycles. The first-order valence-corrected chi connectivity index (χ1v) is 11.5. The van der Waals surface area contributed by atoms with Crippen LogP contribution in [0.1, 0.15) is 36.5 Å². The van der Waals surface area contributed by atoms with E-state index in [9.17, 15) is 4.79 Å². The Hall–Kier alpha value is -2.84. The molecule has 0 bridgehead atoms. The van der Waals surface area contributed by atoms with Crippen LogP contribution in [0.2, 0.25) is 0 Å². The Morgan fingerprint density at radius 1 is 1.03 bits per heavy atom. The molecule has 0 unspecified atom stereocenters. The number of nitrogens with zero attached hydrogens (tertiary/aromatic N) is 2. The van der Waals surface area contributed by atoms with E-state index in [-0.39, 0.29) is 5.91 Å². The zero-order valence-corrected chi connectivity index (χ0v) is 19.9. The van der Waals surface area contributed by atoms with Gasteiger partial charge in [-0.3, -0.25) is 4.79 Å². The van der Waals surface area contributed by atoms with Gasteiger partial charge in [-0.2, -0.15) is 4.99 Å². The third-order valence-corrected chi connectivity index (χ3v) is 6.04. The molecule has 1 aromatic heterocycles. The van der Waals surface area contributed by atoms with Crippen molar-refractivity contribution >= 4 is 27.5 Å². The van der Waals surface area contributed by atoms with Crippen molar-refractivity contribution in [1.29, 1.82) is 0 Å². The highest BCUT2D eigenvalue weighted by Gasteiger charge is 2.14. The summed E-state index contributed by atoms with van der Waals surface area (Å²) >= 11 is 1.42. The van der Waals surface area contributed by atoms with Crippen molar-refractivity contribution in [3.63, 3.8) is 0 Å². The monoisotopic (exact) mass is 458 g/mol. The van der Waals surface area contributed by atoms with Crippen LogP contribution < -0.4 is 19.0 Å². The molecule has 3 aromatic rings. The first-order valence-electron chi connectivity index (χ1n) is 10.7. The van der Waals surface area contributed by atoms with Crippen molar-refractivity contribution in [3.8, 4) is 17.2 Å². The molecule has 0 radical (unpaired) electrons. The van der Waals surface area contributed by atoms with Gasteiger partial charge in [0.05, 0.1) is 37.6 Å². The number of aromatic nitrogens is 1. The number of methoxy groups -OCH3 is 3. The van der Waals surface area contributed by atoms with Crippen molar-refractivity contribution in [2.24, 2.45) is 4.99 Å². The van der Waals surface area contributed by atoms with Crippen LogP contribution in [0.4, 0.5) is 0 Å². The first kappa shape index (κ1) is 23.8. The Morgan fingerprint density at radius 3 is 2.53 bits per heavy atom. The maximum Gasteiger partial charge on any atom is 0.279 e. The number of thiazole rings is 1. The Balaban J connectivity index is 1.96. The number of ether oxygens (including phenoxy) is 4. The van der Waals surface area contributed by atoms with Crippen LogP contribution in [0.5, 0.6) is 17.2 Å². The molecule has 0 spiro atoms. The molecule has 0 atom stereocenters. The molecule has 2 aromatic carbocycles. The van der Waals surface area contributed by atoms with E-state index in [4.69, 9.17) is 18.9 Å². The summed E-state index contributed by atoms with van der Waals surface area (Å²) in [7, 11) is 4.84. The maximum absolute atomic E-state index is 13.0. The highest BCUT2D eigenvalue weighted by Crippen LogP contribution is 2.33. The van der Waals surface area contributed by atoms with E-state index in [0.717, 1.165) is 29.5 Å². The van der Waals surface area contributed by atoms with E-state index < -0.39 is 0 Å². The molecule has 3 rings (SSSR count). The third kappa shape index (κ3) is 5.69. The fourth-order valence-corrected chi connectivity index (χ4v) is 4.36. The molecule has 172 valence electrons. The van der Waals surface area contributed by atoms with Crippen molar-refractivity contribution < 1.29 is 23.7 Å². The van der Waals surface area contributed by atoms with Gasteiger partial charge in [-0.25, -0.2) is 0 Å². The molecule has 32 heavy (non-hydrogen) atoms. The van der Waals surface area contributed by atoms with Crippen LogP contribution in [0, 0.1) is 0 Å². The van der Waals surface area contributed by atoms with Gasteiger partial charge in [-0.05, 0) is 24.6 Å². The molecule has 0 fully saturated rings. The van der Waals surface area contributed by atoms with Gasteiger partial charge in [0.2, 0.25) is 0 Å². The van der Waals surface area contributed by atoms with E-state index >= 15 is 0 Å². The molecule has 1 amide bonds. The van der Waals surface area contributed by atoms with Gasteiger partial charge in [0.1, 0.15) is 5.75 Å². The van der Waals surface area contributed by atoms with Gasteiger partial charge in [-0.15, -0.1) is 0 Å². The average Bonchev–Trinajstić information content (AvgIpc) is 3.15. The van der Waals surface area contributed by atoms with E-state index in [1.807, 2.05) is 28.8 Å². The topological polar surface area (TPSA) is 71.3 Å². The lowest BCUT2D eigenvalue weighted by molar-refractivity contribution is 0.0997. The molecule has 0 saturated heterocycles. The molecule has 0 aliphatic heterocycles. The van der Waals surface area contributed by atoms with Gasteiger partial charge in [0.15, 0.2) is 16.3 Å². The van der Waals surface area contributed by atoms with Crippen LogP contribution >= 0.6 is 11.3 Å².